The van der Waals surface area contributed by atoms with Gasteiger partial charge in [-0.3, -0.25) is 9.59 Å². The average Bonchev–Trinajstić information content (AvgIpc) is 2.55. The van der Waals surface area contributed by atoms with Crippen molar-refractivity contribution in [2.45, 2.75) is 88.5 Å². The van der Waals surface area contributed by atoms with Crippen molar-refractivity contribution in [3.05, 3.63) is 0 Å². The van der Waals surface area contributed by atoms with Gasteiger partial charge in [-0.05, 0) is 52.4 Å². The lowest BCUT2D eigenvalue weighted by Crippen LogP contribution is -2.59. The Morgan fingerprint density at radius 1 is 0.833 bits per heavy atom. The van der Waals surface area contributed by atoms with E-state index in [2.05, 4.69) is 0 Å². The minimum absolute atomic E-state index is 0.118. The fourth-order valence-corrected chi connectivity index (χ4v) is 3.69. The summed E-state index contributed by atoms with van der Waals surface area (Å²) in [6.45, 7) is 4.10. The zero-order chi connectivity index (χ0) is 18.1. The molecule has 2 rings (SSSR count). The van der Waals surface area contributed by atoms with Gasteiger partial charge >= 0.3 is 0 Å². The van der Waals surface area contributed by atoms with Gasteiger partial charge in [-0.1, -0.05) is 0 Å². The molecular formula is C18H32N2O4. The molecule has 24 heavy (non-hydrogen) atoms. The van der Waals surface area contributed by atoms with Crippen LogP contribution in [-0.2, 0) is 9.59 Å². The van der Waals surface area contributed by atoms with Crippen LogP contribution in [0.1, 0.15) is 65.2 Å². The van der Waals surface area contributed by atoms with Gasteiger partial charge in [0.15, 0.2) is 0 Å². The lowest BCUT2D eigenvalue weighted by molar-refractivity contribution is -0.154. The predicted octanol–water partition coefficient (Wildman–Crippen LogP) is 1.29. The molecule has 6 nitrogen and oxygen atoms in total. The van der Waals surface area contributed by atoms with Crippen molar-refractivity contribution >= 4 is 11.8 Å². The van der Waals surface area contributed by atoms with Crippen molar-refractivity contribution in [2.24, 2.45) is 0 Å². The number of aliphatic hydroxyl groups is 2. The number of hydrogen-bond donors (Lipinski definition) is 2. The summed E-state index contributed by atoms with van der Waals surface area (Å²) in [4.78, 5) is 26.2. The van der Waals surface area contributed by atoms with E-state index in [4.69, 9.17) is 0 Å². The highest BCUT2D eigenvalue weighted by Crippen LogP contribution is 2.36. The molecule has 2 saturated heterocycles. The number of aliphatic hydroxyl groups excluding tert-OH is 2. The highest BCUT2D eigenvalue weighted by atomic mass is 16.3. The molecule has 4 atom stereocenters. The molecule has 0 aromatic heterocycles. The molecule has 0 aromatic carbocycles. The van der Waals surface area contributed by atoms with Crippen molar-refractivity contribution in [1.82, 2.24) is 9.80 Å². The van der Waals surface area contributed by atoms with Gasteiger partial charge in [-0.15, -0.1) is 0 Å². The summed E-state index contributed by atoms with van der Waals surface area (Å²) in [5, 5.41) is 20.3. The van der Waals surface area contributed by atoms with E-state index in [9.17, 15) is 19.8 Å². The SMILES string of the molecule is CN1C(=O)CC1(C)CCC(O)CCC(O)CCC1(C)CC(=O)N1C. The predicted molar refractivity (Wildman–Crippen MR) is 91.3 cm³/mol. The number of nitrogens with zero attached hydrogens (tertiary/aromatic N) is 2. The van der Waals surface area contributed by atoms with E-state index in [1.54, 1.807) is 9.80 Å². The fraction of sp³-hybridized carbons (Fsp3) is 0.889. The average molecular weight is 340 g/mol. The largest absolute Gasteiger partial charge is 0.393 e. The summed E-state index contributed by atoms with van der Waals surface area (Å²) >= 11 is 0. The van der Waals surface area contributed by atoms with Crippen molar-refractivity contribution < 1.29 is 19.8 Å². The van der Waals surface area contributed by atoms with Crippen LogP contribution in [0.4, 0.5) is 0 Å². The second kappa shape index (κ2) is 7.00. The third kappa shape index (κ3) is 3.91. The zero-order valence-corrected chi connectivity index (χ0v) is 15.4. The van der Waals surface area contributed by atoms with E-state index >= 15 is 0 Å². The summed E-state index contributed by atoms with van der Waals surface area (Å²) in [7, 11) is 3.62. The fourth-order valence-electron chi connectivity index (χ4n) is 3.69. The maximum atomic E-state index is 11.3. The second-order valence-electron chi connectivity index (χ2n) is 8.22. The van der Waals surface area contributed by atoms with E-state index in [1.165, 1.54) is 0 Å². The van der Waals surface area contributed by atoms with Crippen LogP contribution in [0.5, 0.6) is 0 Å². The summed E-state index contributed by atoms with van der Waals surface area (Å²) in [6.07, 6.45) is 4.25. The topological polar surface area (TPSA) is 81.1 Å². The molecule has 2 N–H and O–H groups in total. The van der Waals surface area contributed by atoms with Crippen molar-refractivity contribution in [2.75, 3.05) is 14.1 Å². The molecular weight excluding hydrogens is 308 g/mol. The Labute approximate surface area is 144 Å². The van der Waals surface area contributed by atoms with Crippen LogP contribution < -0.4 is 0 Å². The molecule has 2 amide bonds. The lowest BCUT2D eigenvalue weighted by atomic mass is 9.80. The molecule has 2 heterocycles. The molecule has 0 radical (unpaired) electrons. The first-order chi connectivity index (χ1) is 11.1. The Morgan fingerprint density at radius 3 is 1.42 bits per heavy atom. The highest BCUT2D eigenvalue weighted by Gasteiger charge is 2.45. The van der Waals surface area contributed by atoms with Crippen molar-refractivity contribution in [3.63, 3.8) is 0 Å². The summed E-state index contributed by atoms with van der Waals surface area (Å²) in [5.41, 5.74) is -0.237. The molecule has 2 fully saturated rings. The molecule has 2 aliphatic heterocycles. The first-order valence-electron chi connectivity index (χ1n) is 8.97. The van der Waals surface area contributed by atoms with E-state index < -0.39 is 12.2 Å². The third-order valence-electron chi connectivity index (χ3n) is 6.30. The normalized spacial score (nSPS) is 32.4. The van der Waals surface area contributed by atoms with Crippen LogP contribution in [0.2, 0.25) is 0 Å². The Hall–Kier alpha value is -1.14. The smallest absolute Gasteiger partial charge is 0.225 e. The number of likely N-dealkylation sites (tertiary alicyclic amines) is 2. The number of carbonyl (C=O) groups excluding carboxylic acids is 2. The maximum absolute atomic E-state index is 11.3. The van der Waals surface area contributed by atoms with E-state index in [-0.39, 0.29) is 22.9 Å². The lowest BCUT2D eigenvalue weighted by Gasteiger charge is -2.48. The van der Waals surface area contributed by atoms with Gasteiger partial charge in [0.25, 0.3) is 0 Å². The van der Waals surface area contributed by atoms with E-state index in [0.29, 0.717) is 38.5 Å². The Morgan fingerprint density at radius 2 is 1.17 bits per heavy atom. The van der Waals surface area contributed by atoms with Crippen molar-refractivity contribution in [1.29, 1.82) is 0 Å². The Balaban J connectivity index is 1.60. The summed E-state index contributed by atoms with van der Waals surface area (Å²) in [5.74, 6) is 0.325. The number of carbonyl (C=O) groups is 2. The number of hydrogen-bond acceptors (Lipinski definition) is 4. The molecule has 4 unspecified atom stereocenters. The number of β-lactam (4-membered cyclic amide) rings is 2. The first-order valence-corrected chi connectivity index (χ1v) is 8.97. The van der Waals surface area contributed by atoms with Crippen LogP contribution in [0.25, 0.3) is 0 Å². The molecule has 138 valence electrons. The monoisotopic (exact) mass is 340 g/mol. The molecule has 2 aliphatic rings. The van der Waals surface area contributed by atoms with Gasteiger partial charge in [0.05, 0.1) is 12.2 Å². The van der Waals surface area contributed by atoms with Crippen molar-refractivity contribution in [3.8, 4) is 0 Å². The molecule has 0 bridgehead atoms. The van der Waals surface area contributed by atoms with Crippen LogP contribution in [0, 0.1) is 0 Å². The summed E-state index contributed by atoms with van der Waals surface area (Å²) in [6, 6.07) is 0. The molecule has 6 heteroatoms. The minimum atomic E-state index is -0.441. The van der Waals surface area contributed by atoms with Gasteiger partial charge in [0.1, 0.15) is 0 Å². The standard InChI is InChI=1S/C18H32N2O4/c1-17(11-15(23)19(17)3)9-7-13(21)5-6-14(22)8-10-18(2)12-16(24)20(18)4/h13-14,21-22H,5-12H2,1-4H3. The first kappa shape index (κ1) is 19.2. The molecule has 0 aromatic rings. The van der Waals surface area contributed by atoms with Gasteiger partial charge < -0.3 is 20.0 Å². The Kier molecular flexibility index (Phi) is 5.60. The van der Waals surface area contributed by atoms with Gasteiger partial charge in [0.2, 0.25) is 11.8 Å². The van der Waals surface area contributed by atoms with Gasteiger partial charge in [-0.2, -0.15) is 0 Å². The minimum Gasteiger partial charge on any atom is -0.393 e. The third-order valence-corrected chi connectivity index (χ3v) is 6.30. The van der Waals surface area contributed by atoms with Crippen LogP contribution >= 0.6 is 0 Å². The maximum Gasteiger partial charge on any atom is 0.225 e. The van der Waals surface area contributed by atoms with E-state index in [1.807, 2.05) is 27.9 Å². The molecule has 0 spiro atoms. The second-order valence-corrected chi connectivity index (χ2v) is 8.22. The number of rotatable bonds is 9. The molecule has 0 aliphatic carbocycles. The van der Waals surface area contributed by atoms with Crippen LogP contribution in [0.15, 0.2) is 0 Å². The quantitative estimate of drug-likeness (QED) is 0.620. The number of amides is 2. The van der Waals surface area contributed by atoms with Crippen LogP contribution in [0.3, 0.4) is 0 Å². The van der Waals surface area contributed by atoms with Gasteiger partial charge in [0, 0.05) is 38.0 Å². The highest BCUT2D eigenvalue weighted by molar-refractivity contribution is 5.84. The zero-order valence-electron chi connectivity index (χ0n) is 15.4. The molecule has 0 saturated carbocycles. The van der Waals surface area contributed by atoms with E-state index in [0.717, 1.165) is 12.8 Å². The Bertz CT molecular complexity index is 453. The summed E-state index contributed by atoms with van der Waals surface area (Å²) < 4.78 is 0. The van der Waals surface area contributed by atoms with Gasteiger partial charge in [-0.25, -0.2) is 0 Å². The van der Waals surface area contributed by atoms with Crippen LogP contribution in [-0.4, -0.2) is 69.2 Å².